The molecule has 178 valence electrons. The van der Waals surface area contributed by atoms with E-state index in [2.05, 4.69) is 20.9 Å². The van der Waals surface area contributed by atoms with Crippen molar-refractivity contribution in [2.75, 3.05) is 13.1 Å². The fourth-order valence-corrected chi connectivity index (χ4v) is 5.03. The number of fused-ring (bicyclic) bond motifs is 1. The van der Waals surface area contributed by atoms with Crippen LogP contribution in [0.2, 0.25) is 0 Å². The normalized spacial score (nSPS) is 24.1. The number of carbonyl (C=O) groups excluding carboxylic acids is 2. The first-order chi connectivity index (χ1) is 16.2. The molecule has 9 heteroatoms. The van der Waals surface area contributed by atoms with Gasteiger partial charge in [-0.3, -0.25) is 4.79 Å². The van der Waals surface area contributed by atoms with Gasteiger partial charge in [-0.1, -0.05) is 0 Å². The largest absolute Gasteiger partial charge is 0.354 e. The number of rotatable bonds is 5. The Morgan fingerprint density at radius 2 is 1.85 bits per heavy atom. The van der Waals surface area contributed by atoms with E-state index in [1.165, 1.54) is 18.2 Å². The number of amides is 3. The highest BCUT2D eigenvalue weighted by Crippen LogP contribution is 2.48. The molecule has 2 aromatic carbocycles. The van der Waals surface area contributed by atoms with Crippen LogP contribution < -0.4 is 16.0 Å². The second kappa shape index (κ2) is 8.38. The summed E-state index contributed by atoms with van der Waals surface area (Å²) in [6.45, 7) is 2.65. The third kappa shape index (κ3) is 3.99. The molecular formula is C25H25F3N4O2. The van der Waals surface area contributed by atoms with Crippen molar-refractivity contribution in [1.82, 2.24) is 20.9 Å². The summed E-state index contributed by atoms with van der Waals surface area (Å²) in [5.74, 6) is -1.69. The van der Waals surface area contributed by atoms with Gasteiger partial charge in [0.1, 0.15) is 23.0 Å². The van der Waals surface area contributed by atoms with Crippen LogP contribution in [0.3, 0.4) is 0 Å². The summed E-state index contributed by atoms with van der Waals surface area (Å²) >= 11 is 0. The summed E-state index contributed by atoms with van der Waals surface area (Å²) in [5.41, 5.74) is 1.45. The fourth-order valence-electron chi connectivity index (χ4n) is 5.03. The molecule has 1 unspecified atom stereocenters. The number of nitrogens with one attached hydrogen (secondary N) is 4. The standard InChI is InChI=1S/C25H25F3N4O2/c1-25(6-7-29-23(25)33)32-24(34)30-12-13-8-15(9-13)20-18-10-17(27)11-19(28)22(18)31-21(20)14-2-4-16(26)5-3-14/h2-5,10-11,13,15,31H,6-9,12H2,1H3,(H,29,33)(H2,30,32,34). The summed E-state index contributed by atoms with van der Waals surface area (Å²) in [6.07, 6.45) is 1.97. The van der Waals surface area contributed by atoms with Gasteiger partial charge < -0.3 is 20.9 Å². The summed E-state index contributed by atoms with van der Waals surface area (Å²) in [4.78, 5) is 27.3. The number of carbonyl (C=O) groups is 2. The first-order valence-corrected chi connectivity index (χ1v) is 11.3. The first-order valence-electron chi connectivity index (χ1n) is 11.3. The van der Waals surface area contributed by atoms with Crippen molar-refractivity contribution in [3.63, 3.8) is 0 Å². The quantitative estimate of drug-likeness (QED) is 0.448. The van der Waals surface area contributed by atoms with E-state index in [-0.39, 0.29) is 29.1 Å². The Hall–Kier alpha value is -3.49. The molecule has 1 saturated heterocycles. The summed E-state index contributed by atoms with van der Waals surface area (Å²) in [5, 5.41) is 8.76. The van der Waals surface area contributed by atoms with Gasteiger partial charge in [0, 0.05) is 24.5 Å². The molecule has 1 aliphatic carbocycles. The van der Waals surface area contributed by atoms with Crippen LogP contribution in [0.25, 0.3) is 22.2 Å². The van der Waals surface area contributed by atoms with Gasteiger partial charge in [-0.15, -0.1) is 0 Å². The molecule has 2 heterocycles. The van der Waals surface area contributed by atoms with E-state index in [0.29, 0.717) is 36.2 Å². The minimum atomic E-state index is -0.908. The molecule has 2 aliphatic rings. The topological polar surface area (TPSA) is 86.0 Å². The Balaban J connectivity index is 1.31. The van der Waals surface area contributed by atoms with Crippen molar-refractivity contribution < 1.29 is 22.8 Å². The molecule has 1 atom stereocenters. The van der Waals surface area contributed by atoms with Gasteiger partial charge in [0.2, 0.25) is 5.91 Å². The van der Waals surface area contributed by atoms with E-state index < -0.39 is 23.2 Å². The van der Waals surface area contributed by atoms with Crippen LogP contribution in [0.4, 0.5) is 18.0 Å². The maximum Gasteiger partial charge on any atom is 0.315 e. The molecule has 6 nitrogen and oxygen atoms in total. The van der Waals surface area contributed by atoms with Crippen molar-refractivity contribution in [1.29, 1.82) is 0 Å². The lowest BCUT2D eigenvalue weighted by atomic mass is 9.70. The zero-order valence-corrected chi connectivity index (χ0v) is 18.6. The number of benzene rings is 2. The van der Waals surface area contributed by atoms with Gasteiger partial charge in [-0.2, -0.15) is 0 Å². The van der Waals surface area contributed by atoms with Crippen molar-refractivity contribution in [3.05, 3.63) is 59.4 Å². The molecule has 5 rings (SSSR count). The molecule has 3 amide bonds. The number of aromatic amines is 1. The smallest absolute Gasteiger partial charge is 0.315 e. The monoisotopic (exact) mass is 470 g/mol. The third-order valence-corrected chi connectivity index (χ3v) is 6.99. The summed E-state index contributed by atoms with van der Waals surface area (Å²) < 4.78 is 42.0. The molecule has 1 saturated carbocycles. The predicted molar refractivity (Wildman–Crippen MR) is 122 cm³/mol. The maximum absolute atomic E-state index is 14.5. The van der Waals surface area contributed by atoms with E-state index >= 15 is 0 Å². The molecule has 1 aromatic heterocycles. The second-order valence-electron chi connectivity index (χ2n) is 9.44. The maximum atomic E-state index is 14.5. The molecule has 4 N–H and O–H groups in total. The van der Waals surface area contributed by atoms with Crippen molar-refractivity contribution in [2.45, 2.75) is 37.6 Å². The van der Waals surface area contributed by atoms with E-state index in [0.717, 1.165) is 24.5 Å². The Morgan fingerprint density at radius 1 is 1.12 bits per heavy atom. The second-order valence-corrected chi connectivity index (χ2v) is 9.44. The van der Waals surface area contributed by atoms with Gasteiger partial charge in [0.05, 0.1) is 11.2 Å². The summed E-state index contributed by atoms with van der Waals surface area (Å²) in [7, 11) is 0. The molecule has 1 aliphatic heterocycles. The molecular weight excluding hydrogens is 445 g/mol. The first kappa shape index (κ1) is 22.3. The van der Waals surface area contributed by atoms with E-state index in [9.17, 15) is 22.8 Å². The predicted octanol–water partition coefficient (Wildman–Crippen LogP) is 4.32. The Morgan fingerprint density at radius 3 is 2.53 bits per heavy atom. The molecule has 2 fully saturated rings. The van der Waals surface area contributed by atoms with Gasteiger partial charge in [0.25, 0.3) is 0 Å². The van der Waals surface area contributed by atoms with Gasteiger partial charge in [0.15, 0.2) is 0 Å². The minimum absolute atomic E-state index is 0.0305. The van der Waals surface area contributed by atoms with Crippen LogP contribution in [0.1, 0.15) is 37.7 Å². The lowest BCUT2D eigenvalue weighted by Gasteiger charge is -2.36. The molecule has 0 bridgehead atoms. The van der Waals surface area contributed by atoms with Crippen molar-refractivity contribution in [2.24, 2.45) is 5.92 Å². The molecule has 0 radical (unpaired) electrons. The number of hydrogen-bond acceptors (Lipinski definition) is 2. The van der Waals surface area contributed by atoms with Crippen molar-refractivity contribution >= 4 is 22.8 Å². The zero-order chi connectivity index (χ0) is 24.0. The highest BCUT2D eigenvalue weighted by Gasteiger charge is 2.39. The number of H-pyrrole nitrogens is 1. The molecule has 0 spiro atoms. The molecule has 34 heavy (non-hydrogen) atoms. The number of halogens is 3. The molecule has 3 aromatic rings. The third-order valence-electron chi connectivity index (χ3n) is 6.99. The van der Waals surface area contributed by atoms with E-state index in [1.54, 1.807) is 19.1 Å². The zero-order valence-electron chi connectivity index (χ0n) is 18.6. The van der Waals surface area contributed by atoms with Crippen LogP contribution in [0.5, 0.6) is 0 Å². The average Bonchev–Trinajstić information content (AvgIpc) is 3.28. The number of urea groups is 1. The Kier molecular flexibility index (Phi) is 5.50. The highest BCUT2D eigenvalue weighted by molar-refractivity contribution is 5.93. The fraction of sp³-hybridized carbons (Fsp3) is 0.360. The number of hydrogen-bond donors (Lipinski definition) is 4. The van der Waals surface area contributed by atoms with Gasteiger partial charge in [-0.05, 0) is 79.5 Å². The Labute approximate surface area is 194 Å². The number of aromatic nitrogens is 1. The lowest BCUT2D eigenvalue weighted by molar-refractivity contribution is -0.123. The van der Waals surface area contributed by atoms with Gasteiger partial charge in [-0.25, -0.2) is 18.0 Å². The average molecular weight is 470 g/mol. The van der Waals surface area contributed by atoms with Gasteiger partial charge >= 0.3 is 6.03 Å². The van der Waals surface area contributed by atoms with Crippen LogP contribution >= 0.6 is 0 Å². The van der Waals surface area contributed by atoms with Crippen LogP contribution in [0, 0.1) is 23.4 Å². The lowest BCUT2D eigenvalue weighted by Crippen LogP contribution is -2.55. The highest BCUT2D eigenvalue weighted by atomic mass is 19.1. The van der Waals surface area contributed by atoms with Crippen molar-refractivity contribution in [3.8, 4) is 11.3 Å². The van der Waals surface area contributed by atoms with Crippen LogP contribution in [-0.4, -0.2) is 35.6 Å². The van der Waals surface area contributed by atoms with Crippen LogP contribution in [0.15, 0.2) is 36.4 Å². The SMILES string of the molecule is CC1(NC(=O)NCC2CC(c3c(-c4ccc(F)cc4)[nH]c4c(F)cc(F)cc34)C2)CCNC1=O. The van der Waals surface area contributed by atoms with Crippen LogP contribution in [-0.2, 0) is 4.79 Å². The Bertz CT molecular complexity index is 1270. The minimum Gasteiger partial charge on any atom is -0.354 e. The van der Waals surface area contributed by atoms with E-state index in [4.69, 9.17) is 0 Å². The summed E-state index contributed by atoms with van der Waals surface area (Å²) in [6, 6.07) is 7.65. The van der Waals surface area contributed by atoms with E-state index in [1.807, 2.05) is 0 Å².